The SMILES string of the molecule is Cc1nc2ccc(Br)cc2c(=O)n1N=Cc1cn(CC#N)c2ccccc12. The molecule has 2 aromatic heterocycles. The molecular weight excluding hydrogens is 406 g/mol. The van der Waals surface area contributed by atoms with Crippen molar-refractivity contribution in [3.63, 3.8) is 0 Å². The predicted molar refractivity (Wildman–Crippen MR) is 109 cm³/mol. The highest BCUT2D eigenvalue weighted by molar-refractivity contribution is 9.10. The molecule has 2 aromatic carbocycles. The van der Waals surface area contributed by atoms with Crippen molar-refractivity contribution < 1.29 is 0 Å². The average Bonchev–Trinajstić information content (AvgIpc) is 3.01. The molecule has 132 valence electrons. The second-order valence-corrected chi connectivity index (χ2v) is 6.99. The Bertz CT molecular complexity index is 1310. The molecule has 0 aliphatic rings. The first-order valence-corrected chi connectivity index (χ1v) is 9.06. The molecule has 2 heterocycles. The molecule has 0 radical (unpaired) electrons. The van der Waals surface area contributed by atoms with Crippen LogP contribution < -0.4 is 5.56 Å². The van der Waals surface area contributed by atoms with Crippen molar-refractivity contribution >= 4 is 44.0 Å². The van der Waals surface area contributed by atoms with E-state index >= 15 is 0 Å². The second kappa shape index (κ2) is 6.82. The van der Waals surface area contributed by atoms with Crippen LogP contribution in [0.2, 0.25) is 0 Å². The standard InChI is InChI=1S/C20H14BrN5O/c1-13-24-18-7-6-15(21)10-17(18)20(27)26(13)23-11-14-12-25(9-8-22)19-5-3-2-4-16(14)19/h2-7,10-12H,9H2,1H3. The van der Waals surface area contributed by atoms with Crippen molar-refractivity contribution in [2.75, 3.05) is 0 Å². The van der Waals surface area contributed by atoms with Crippen LogP contribution in [-0.2, 0) is 6.54 Å². The van der Waals surface area contributed by atoms with Crippen LogP contribution in [0.5, 0.6) is 0 Å². The topological polar surface area (TPSA) is 76.0 Å². The first-order valence-electron chi connectivity index (χ1n) is 8.26. The molecule has 7 heteroatoms. The van der Waals surface area contributed by atoms with Gasteiger partial charge < -0.3 is 4.57 Å². The smallest absolute Gasteiger partial charge is 0.282 e. The molecule has 0 aliphatic heterocycles. The zero-order valence-corrected chi connectivity index (χ0v) is 16.0. The van der Waals surface area contributed by atoms with Gasteiger partial charge in [0.25, 0.3) is 5.56 Å². The molecule has 4 rings (SSSR count). The minimum Gasteiger partial charge on any atom is -0.333 e. The molecule has 0 saturated carbocycles. The molecule has 0 fully saturated rings. The van der Waals surface area contributed by atoms with Crippen molar-refractivity contribution in [2.45, 2.75) is 13.5 Å². The van der Waals surface area contributed by atoms with E-state index in [4.69, 9.17) is 5.26 Å². The lowest BCUT2D eigenvalue weighted by atomic mass is 10.2. The normalized spacial score (nSPS) is 11.4. The van der Waals surface area contributed by atoms with Gasteiger partial charge in [-0.2, -0.15) is 15.0 Å². The number of fused-ring (bicyclic) bond motifs is 2. The average molecular weight is 420 g/mol. The maximum Gasteiger partial charge on any atom is 0.282 e. The fourth-order valence-electron chi connectivity index (χ4n) is 3.10. The van der Waals surface area contributed by atoms with Crippen molar-refractivity contribution in [1.29, 1.82) is 5.26 Å². The third kappa shape index (κ3) is 3.04. The molecule has 0 N–H and O–H groups in total. The van der Waals surface area contributed by atoms with Crippen LogP contribution >= 0.6 is 15.9 Å². The number of halogens is 1. The lowest BCUT2D eigenvalue weighted by Crippen LogP contribution is -2.20. The maximum atomic E-state index is 12.8. The molecule has 4 aromatic rings. The largest absolute Gasteiger partial charge is 0.333 e. The number of aryl methyl sites for hydroxylation is 1. The molecule has 0 amide bonds. The molecule has 0 unspecified atom stereocenters. The number of para-hydroxylation sites is 1. The van der Waals surface area contributed by atoms with Crippen molar-refractivity contribution in [3.8, 4) is 6.07 Å². The lowest BCUT2D eigenvalue weighted by Gasteiger charge is -2.05. The summed E-state index contributed by atoms with van der Waals surface area (Å²) in [5.74, 6) is 0.506. The van der Waals surface area contributed by atoms with E-state index in [0.29, 0.717) is 16.7 Å². The van der Waals surface area contributed by atoms with E-state index in [1.54, 1.807) is 25.3 Å². The zero-order chi connectivity index (χ0) is 19.0. The van der Waals surface area contributed by atoms with E-state index in [-0.39, 0.29) is 12.1 Å². The second-order valence-electron chi connectivity index (χ2n) is 6.07. The number of benzene rings is 2. The molecule has 0 atom stereocenters. The summed E-state index contributed by atoms with van der Waals surface area (Å²) in [6.07, 6.45) is 3.50. The van der Waals surface area contributed by atoms with E-state index in [9.17, 15) is 4.79 Å². The number of aromatic nitrogens is 3. The van der Waals surface area contributed by atoms with Crippen molar-refractivity contribution in [1.82, 2.24) is 14.2 Å². The number of rotatable bonds is 3. The van der Waals surface area contributed by atoms with Gasteiger partial charge in [-0.05, 0) is 31.2 Å². The Hall–Kier alpha value is -3.24. The fraction of sp³-hybridized carbons (Fsp3) is 0.100. The van der Waals surface area contributed by atoms with Crippen LogP contribution in [0.3, 0.4) is 0 Å². The molecule has 0 aliphatic carbocycles. The number of hydrogen-bond donors (Lipinski definition) is 0. The summed E-state index contributed by atoms with van der Waals surface area (Å²) in [5.41, 5.74) is 2.19. The van der Waals surface area contributed by atoms with Gasteiger partial charge in [0.2, 0.25) is 0 Å². The van der Waals surface area contributed by atoms with Gasteiger partial charge in [-0.15, -0.1) is 0 Å². The van der Waals surface area contributed by atoms with Crippen molar-refractivity contribution in [2.24, 2.45) is 5.10 Å². The summed E-state index contributed by atoms with van der Waals surface area (Å²) in [4.78, 5) is 17.3. The highest BCUT2D eigenvalue weighted by atomic mass is 79.9. The van der Waals surface area contributed by atoms with E-state index in [0.717, 1.165) is 20.9 Å². The van der Waals surface area contributed by atoms with E-state index in [1.165, 1.54) is 4.68 Å². The van der Waals surface area contributed by atoms with Gasteiger partial charge in [0.1, 0.15) is 12.4 Å². The zero-order valence-electron chi connectivity index (χ0n) is 14.4. The molecule has 0 bridgehead atoms. The molecule has 27 heavy (non-hydrogen) atoms. The first-order chi connectivity index (χ1) is 13.1. The van der Waals surface area contributed by atoms with Crippen LogP contribution in [0.25, 0.3) is 21.8 Å². The Morgan fingerprint density at radius 3 is 2.89 bits per heavy atom. The Morgan fingerprint density at radius 1 is 1.26 bits per heavy atom. The van der Waals surface area contributed by atoms with Gasteiger partial charge in [0.05, 0.1) is 23.2 Å². The monoisotopic (exact) mass is 419 g/mol. The quantitative estimate of drug-likeness (QED) is 0.473. The summed E-state index contributed by atoms with van der Waals surface area (Å²) < 4.78 is 3.97. The summed E-state index contributed by atoms with van der Waals surface area (Å²) in [5, 5.41) is 14.9. The highest BCUT2D eigenvalue weighted by Crippen LogP contribution is 2.20. The lowest BCUT2D eigenvalue weighted by molar-refractivity contribution is 0.770. The first kappa shape index (κ1) is 17.2. The van der Waals surface area contributed by atoms with Crippen LogP contribution in [0.15, 0.2) is 63.0 Å². The van der Waals surface area contributed by atoms with Gasteiger partial charge in [0, 0.05) is 27.1 Å². The summed E-state index contributed by atoms with van der Waals surface area (Å²) in [6, 6.07) is 15.3. The number of nitriles is 1. The highest BCUT2D eigenvalue weighted by Gasteiger charge is 2.09. The Kier molecular flexibility index (Phi) is 4.34. The minimum atomic E-state index is -0.226. The molecular formula is C20H14BrN5O. The van der Waals surface area contributed by atoms with Crippen LogP contribution in [0.4, 0.5) is 0 Å². The minimum absolute atomic E-state index is 0.226. The Labute approximate surface area is 163 Å². The van der Waals surface area contributed by atoms with Crippen LogP contribution in [0, 0.1) is 18.3 Å². The number of nitrogens with zero attached hydrogens (tertiary/aromatic N) is 5. The van der Waals surface area contributed by atoms with E-state index < -0.39 is 0 Å². The van der Waals surface area contributed by atoms with E-state index in [1.807, 2.05) is 41.1 Å². The van der Waals surface area contributed by atoms with E-state index in [2.05, 4.69) is 32.1 Å². The van der Waals surface area contributed by atoms with Gasteiger partial charge in [-0.3, -0.25) is 4.79 Å². The van der Waals surface area contributed by atoms with Crippen LogP contribution in [-0.4, -0.2) is 20.4 Å². The molecule has 0 spiro atoms. The fourth-order valence-corrected chi connectivity index (χ4v) is 3.46. The molecule has 0 saturated heterocycles. The maximum absolute atomic E-state index is 12.8. The Balaban J connectivity index is 1.86. The van der Waals surface area contributed by atoms with Crippen molar-refractivity contribution in [3.05, 3.63) is 74.9 Å². The van der Waals surface area contributed by atoms with Gasteiger partial charge in [-0.1, -0.05) is 34.1 Å². The summed E-state index contributed by atoms with van der Waals surface area (Å²) >= 11 is 3.39. The molecule has 6 nitrogen and oxygen atoms in total. The van der Waals surface area contributed by atoms with Gasteiger partial charge in [-0.25, -0.2) is 4.98 Å². The third-order valence-electron chi connectivity index (χ3n) is 4.34. The Morgan fingerprint density at radius 2 is 2.07 bits per heavy atom. The van der Waals surface area contributed by atoms with Gasteiger partial charge in [0.15, 0.2) is 0 Å². The summed E-state index contributed by atoms with van der Waals surface area (Å²) in [6.45, 7) is 2.00. The van der Waals surface area contributed by atoms with Crippen LogP contribution in [0.1, 0.15) is 11.4 Å². The number of hydrogen-bond acceptors (Lipinski definition) is 4. The summed E-state index contributed by atoms with van der Waals surface area (Å²) in [7, 11) is 0. The predicted octanol–water partition coefficient (Wildman–Crippen LogP) is 3.83. The third-order valence-corrected chi connectivity index (χ3v) is 4.84. The van der Waals surface area contributed by atoms with Gasteiger partial charge >= 0.3 is 0 Å².